The summed E-state index contributed by atoms with van der Waals surface area (Å²) in [6.45, 7) is 0. The summed E-state index contributed by atoms with van der Waals surface area (Å²) in [6, 6.07) is 0. The van der Waals surface area contributed by atoms with Gasteiger partial charge in [-0.25, -0.2) is 0 Å². The van der Waals surface area contributed by atoms with Gasteiger partial charge in [-0.05, 0) is 18.4 Å². The molecule has 0 amide bonds. The molecule has 0 radical (unpaired) electrons. The van der Waals surface area contributed by atoms with E-state index in [0.717, 1.165) is 12.8 Å². The van der Waals surface area contributed by atoms with E-state index < -0.39 is 0 Å². The number of hydrogen-bond donors (Lipinski definition) is 0. The van der Waals surface area contributed by atoms with E-state index in [4.69, 9.17) is 4.42 Å². The van der Waals surface area contributed by atoms with Crippen LogP contribution in [0.5, 0.6) is 0 Å². The molecule has 1 aromatic heterocycles. The summed E-state index contributed by atoms with van der Waals surface area (Å²) in [5, 5.41) is 0. The van der Waals surface area contributed by atoms with Crippen LogP contribution in [0.4, 0.5) is 0 Å². The number of aryl methyl sites for hydroxylation is 1. The first-order valence-electron chi connectivity index (χ1n) is 3.18. The fraction of sp³-hybridized carbons (Fsp3) is 0.250. The minimum absolute atomic E-state index is 1.14. The van der Waals surface area contributed by atoms with Crippen LogP contribution in [0.15, 0.2) is 23.0 Å². The Kier molecular flexibility index (Phi) is 0.950. The van der Waals surface area contributed by atoms with Crippen molar-refractivity contribution in [3.63, 3.8) is 0 Å². The van der Waals surface area contributed by atoms with E-state index >= 15 is 0 Å². The molecule has 1 aromatic rings. The second kappa shape index (κ2) is 1.76. The van der Waals surface area contributed by atoms with E-state index in [1.165, 1.54) is 11.1 Å². The zero-order valence-corrected chi connectivity index (χ0v) is 5.13. The third-order valence-electron chi connectivity index (χ3n) is 1.65. The van der Waals surface area contributed by atoms with Crippen molar-refractivity contribution in [2.24, 2.45) is 0 Å². The highest BCUT2D eigenvalue weighted by atomic mass is 16.3. The molecule has 0 aliphatic heterocycles. The summed E-state index contributed by atoms with van der Waals surface area (Å²) in [5.41, 5.74) is 2.60. The van der Waals surface area contributed by atoms with Gasteiger partial charge in [-0.2, -0.15) is 0 Å². The highest BCUT2D eigenvalue weighted by Gasteiger charge is 2.04. The van der Waals surface area contributed by atoms with Gasteiger partial charge in [-0.15, -0.1) is 0 Å². The van der Waals surface area contributed by atoms with Gasteiger partial charge in [0, 0.05) is 5.56 Å². The predicted octanol–water partition coefficient (Wildman–Crippen LogP) is 2.24. The molecule has 46 valence electrons. The molecule has 0 unspecified atom stereocenters. The van der Waals surface area contributed by atoms with Crippen LogP contribution >= 0.6 is 0 Å². The lowest BCUT2D eigenvalue weighted by Crippen LogP contribution is -1.87. The van der Waals surface area contributed by atoms with Gasteiger partial charge in [0.15, 0.2) is 0 Å². The molecule has 1 heterocycles. The van der Waals surface area contributed by atoms with Crippen molar-refractivity contribution in [1.82, 2.24) is 0 Å². The maximum Gasteiger partial charge on any atom is 0.0977 e. The summed E-state index contributed by atoms with van der Waals surface area (Å²) >= 11 is 0. The third kappa shape index (κ3) is 0.689. The lowest BCUT2D eigenvalue weighted by atomic mass is 10.0. The van der Waals surface area contributed by atoms with Gasteiger partial charge in [0.1, 0.15) is 0 Å². The molecule has 1 heteroatoms. The second-order valence-corrected chi connectivity index (χ2v) is 2.29. The lowest BCUT2D eigenvalue weighted by Gasteiger charge is -1.99. The third-order valence-corrected chi connectivity index (χ3v) is 1.65. The summed E-state index contributed by atoms with van der Waals surface area (Å²) in [6.07, 6.45) is 10.2. The Morgan fingerprint density at radius 2 is 2.33 bits per heavy atom. The first kappa shape index (κ1) is 4.86. The first-order chi connectivity index (χ1) is 4.47. The fourth-order valence-corrected chi connectivity index (χ4v) is 1.13. The molecule has 9 heavy (non-hydrogen) atoms. The van der Waals surface area contributed by atoms with Crippen LogP contribution < -0.4 is 0 Å². The maximum atomic E-state index is 5.02. The average molecular weight is 120 g/mol. The Balaban J connectivity index is 2.53. The van der Waals surface area contributed by atoms with Crippen LogP contribution in [0.3, 0.4) is 0 Å². The van der Waals surface area contributed by atoms with Gasteiger partial charge in [0.25, 0.3) is 0 Å². The second-order valence-electron chi connectivity index (χ2n) is 2.29. The van der Waals surface area contributed by atoms with Crippen LogP contribution in [0.1, 0.15) is 17.5 Å². The van der Waals surface area contributed by atoms with E-state index in [1.54, 1.807) is 6.26 Å². The summed E-state index contributed by atoms with van der Waals surface area (Å²) in [4.78, 5) is 0. The van der Waals surface area contributed by atoms with Crippen molar-refractivity contribution in [1.29, 1.82) is 0 Å². The smallest absolute Gasteiger partial charge is 0.0977 e. The van der Waals surface area contributed by atoms with Crippen LogP contribution in [0, 0.1) is 0 Å². The number of fused-ring (bicyclic) bond motifs is 1. The molecule has 1 aliphatic carbocycles. The van der Waals surface area contributed by atoms with Gasteiger partial charge in [0.05, 0.1) is 12.5 Å². The first-order valence-corrected chi connectivity index (χ1v) is 3.18. The summed E-state index contributed by atoms with van der Waals surface area (Å²) < 4.78 is 5.02. The zero-order valence-electron chi connectivity index (χ0n) is 5.13. The largest absolute Gasteiger partial charge is 0.472 e. The Morgan fingerprint density at radius 1 is 1.33 bits per heavy atom. The van der Waals surface area contributed by atoms with Gasteiger partial charge in [0.2, 0.25) is 0 Å². The summed E-state index contributed by atoms with van der Waals surface area (Å²) in [7, 11) is 0. The topological polar surface area (TPSA) is 13.1 Å². The van der Waals surface area contributed by atoms with Crippen LogP contribution in [0.2, 0.25) is 0 Å². The van der Waals surface area contributed by atoms with Gasteiger partial charge in [-0.3, -0.25) is 0 Å². The van der Waals surface area contributed by atoms with Crippen molar-refractivity contribution in [3.8, 4) is 0 Å². The maximum absolute atomic E-state index is 5.02. The quantitative estimate of drug-likeness (QED) is 0.511. The Morgan fingerprint density at radius 3 is 3.22 bits per heavy atom. The molecule has 1 aliphatic rings. The van der Waals surface area contributed by atoms with Crippen molar-refractivity contribution >= 4 is 6.08 Å². The minimum Gasteiger partial charge on any atom is -0.472 e. The van der Waals surface area contributed by atoms with E-state index in [0.29, 0.717) is 0 Å². The Bertz CT molecular complexity index is 232. The van der Waals surface area contributed by atoms with Gasteiger partial charge >= 0.3 is 0 Å². The van der Waals surface area contributed by atoms with Crippen molar-refractivity contribution in [2.75, 3.05) is 0 Å². The number of hydrogen-bond acceptors (Lipinski definition) is 1. The monoisotopic (exact) mass is 120 g/mol. The highest BCUT2D eigenvalue weighted by molar-refractivity contribution is 5.54. The zero-order chi connectivity index (χ0) is 6.10. The molecule has 0 N–H and O–H groups in total. The molecule has 0 saturated heterocycles. The molecule has 0 bridgehead atoms. The predicted molar refractivity (Wildman–Crippen MR) is 36.1 cm³/mol. The van der Waals surface area contributed by atoms with E-state index in [2.05, 4.69) is 12.2 Å². The number of allylic oxidation sites excluding steroid dienone is 1. The van der Waals surface area contributed by atoms with Crippen LogP contribution in [-0.4, -0.2) is 0 Å². The molecule has 0 atom stereocenters. The number of rotatable bonds is 0. The SMILES string of the molecule is C1=Cc2cocc2CC1. The Labute approximate surface area is 54.0 Å². The van der Waals surface area contributed by atoms with E-state index in [9.17, 15) is 0 Å². The Hall–Kier alpha value is -0.980. The van der Waals surface area contributed by atoms with E-state index in [-0.39, 0.29) is 0 Å². The molecule has 1 nitrogen and oxygen atoms in total. The standard InChI is InChI=1S/C8H8O/c1-2-4-8-6-9-5-7(8)3-1/h1,3,5-6H,2,4H2. The van der Waals surface area contributed by atoms with Crippen LogP contribution in [-0.2, 0) is 6.42 Å². The fourth-order valence-electron chi connectivity index (χ4n) is 1.13. The van der Waals surface area contributed by atoms with Crippen molar-refractivity contribution in [2.45, 2.75) is 12.8 Å². The molecule has 0 aromatic carbocycles. The van der Waals surface area contributed by atoms with Crippen LogP contribution in [0.25, 0.3) is 6.08 Å². The highest BCUT2D eigenvalue weighted by Crippen LogP contribution is 2.18. The molecular formula is C8H8O. The normalized spacial score (nSPS) is 15.6. The van der Waals surface area contributed by atoms with Crippen molar-refractivity contribution < 1.29 is 4.42 Å². The van der Waals surface area contributed by atoms with E-state index in [1.807, 2.05) is 6.26 Å². The molecule has 2 rings (SSSR count). The lowest BCUT2D eigenvalue weighted by molar-refractivity contribution is 0.563. The van der Waals surface area contributed by atoms with Crippen molar-refractivity contribution in [3.05, 3.63) is 29.7 Å². The average Bonchev–Trinajstić information content (AvgIpc) is 2.33. The summed E-state index contributed by atoms with van der Waals surface area (Å²) in [5.74, 6) is 0. The molecule has 0 saturated carbocycles. The van der Waals surface area contributed by atoms with Gasteiger partial charge < -0.3 is 4.42 Å². The minimum atomic E-state index is 1.14. The number of furan rings is 1. The molecule has 0 spiro atoms. The van der Waals surface area contributed by atoms with Gasteiger partial charge in [-0.1, -0.05) is 12.2 Å². The molecule has 0 fully saturated rings. The molecular weight excluding hydrogens is 112 g/mol.